The third kappa shape index (κ3) is 4.55. The van der Waals surface area contributed by atoms with Crippen molar-refractivity contribution >= 4 is 23.5 Å². The van der Waals surface area contributed by atoms with Gasteiger partial charge in [-0.1, -0.05) is 48.0 Å². The van der Waals surface area contributed by atoms with Gasteiger partial charge in [0, 0.05) is 5.02 Å². The number of hydrogen-bond donors (Lipinski definition) is 3. The lowest BCUT2D eigenvalue weighted by molar-refractivity contribution is -0.122. The normalized spacial score (nSPS) is 17.0. The molecule has 0 spiro atoms. The molecule has 26 heavy (non-hydrogen) atoms. The average Bonchev–Trinajstić information content (AvgIpc) is 2.62. The van der Waals surface area contributed by atoms with Crippen molar-refractivity contribution in [2.45, 2.75) is 37.8 Å². The molecule has 3 rings (SSSR count). The molecule has 2 aromatic carbocycles. The number of amides is 3. The summed E-state index contributed by atoms with van der Waals surface area (Å²) in [4.78, 5) is 24.0. The highest BCUT2D eigenvalue weighted by molar-refractivity contribution is 6.30. The zero-order valence-electron chi connectivity index (χ0n) is 14.4. The maximum absolute atomic E-state index is 12.6. The Morgan fingerprint density at radius 1 is 1.15 bits per heavy atom. The smallest absolute Gasteiger partial charge is 0.312 e. The van der Waals surface area contributed by atoms with Crippen molar-refractivity contribution in [3.8, 4) is 0 Å². The standard InChI is InChI=1S/C20H22ClN3O2/c21-15-10-8-14(9-11-15)18(24-20(22)26)12-19(25)23-17-7-3-5-13-4-1-2-6-16(13)17/h1-2,4,6,8-11,17-18H,3,5,7,12H2,(H,23,25)(H3,22,24,26)/t17-,18+/m0/s1. The Bertz CT molecular complexity index is 792. The molecule has 2 atom stereocenters. The summed E-state index contributed by atoms with van der Waals surface area (Å²) in [5.74, 6) is -0.125. The Morgan fingerprint density at radius 3 is 2.62 bits per heavy atom. The van der Waals surface area contributed by atoms with Gasteiger partial charge < -0.3 is 16.4 Å². The number of urea groups is 1. The molecule has 0 saturated heterocycles. The van der Waals surface area contributed by atoms with Gasteiger partial charge in [0.1, 0.15) is 0 Å². The molecule has 0 aliphatic heterocycles. The molecule has 1 aliphatic carbocycles. The zero-order chi connectivity index (χ0) is 18.5. The Morgan fingerprint density at radius 2 is 1.88 bits per heavy atom. The van der Waals surface area contributed by atoms with E-state index < -0.39 is 12.1 Å². The second kappa shape index (κ2) is 8.23. The molecule has 0 fully saturated rings. The van der Waals surface area contributed by atoms with Gasteiger partial charge in [-0.15, -0.1) is 0 Å². The molecule has 6 heteroatoms. The first-order valence-corrected chi connectivity index (χ1v) is 9.09. The maximum atomic E-state index is 12.6. The summed E-state index contributed by atoms with van der Waals surface area (Å²) in [7, 11) is 0. The minimum atomic E-state index is -0.666. The Hall–Kier alpha value is -2.53. The van der Waals surface area contributed by atoms with Crippen LogP contribution in [-0.4, -0.2) is 11.9 Å². The summed E-state index contributed by atoms with van der Waals surface area (Å²) in [5.41, 5.74) is 8.53. The number of hydrogen-bond acceptors (Lipinski definition) is 2. The molecular formula is C20H22ClN3O2. The van der Waals surface area contributed by atoms with E-state index in [4.69, 9.17) is 17.3 Å². The van der Waals surface area contributed by atoms with Crippen LogP contribution >= 0.6 is 11.6 Å². The van der Waals surface area contributed by atoms with Crippen LogP contribution in [0.4, 0.5) is 4.79 Å². The SMILES string of the molecule is NC(=O)N[C@H](CC(=O)N[C@H]1CCCc2ccccc21)c1ccc(Cl)cc1. The minimum Gasteiger partial charge on any atom is -0.352 e. The minimum absolute atomic E-state index is 0.00639. The third-order valence-corrected chi connectivity index (χ3v) is 4.94. The van der Waals surface area contributed by atoms with E-state index in [-0.39, 0.29) is 18.4 Å². The number of nitrogens with two attached hydrogens (primary N) is 1. The predicted molar refractivity (Wildman–Crippen MR) is 102 cm³/mol. The van der Waals surface area contributed by atoms with E-state index in [2.05, 4.69) is 22.8 Å². The summed E-state index contributed by atoms with van der Waals surface area (Å²) in [6, 6.07) is 14.1. The molecule has 1 aliphatic rings. The van der Waals surface area contributed by atoms with Crippen molar-refractivity contribution in [2.75, 3.05) is 0 Å². The van der Waals surface area contributed by atoms with Gasteiger partial charge in [-0.2, -0.15) is 0 Å². The van der Waals surface area contributed by atoms with E-state index in [1.807, 2.05) is 12.1 Å². The fourth-order valence-corrected chi connectivity index (χ4v) is 3.59. The van der Waals surface area contributed by atoms with Crippen molar-refractivity contribution in [2.24, 2.45) is 5.73 Å². The number of halogens is 1. The van der Waals surface area contributed by atoms with Crippen molar-refractivity contribution in [1.82, 2.24) is 10.6 Å². The fraction of sp³-hybridized carbons (Fsp3) is 0.300. The van der Waals surface area contributed by atoms with E-state index in [1.54, 1.807) is 24.3 Å². The van der Waals surface area contributed by atoms with Gasteiger partial charge in [-0.3, -0.25) is 4.79 Å². The van der Waals surface area contributed by atoms with Crippen molar-refractivity contribution < 1.29 is 9.59 Å². The molecule has 2 aromatic rings. The predicted octanol–water partition coefficient (Wildman–Crippen LogP) is 3.63. The molecule has 0 bridgehead atoms. The van der Waals surface area contributed by atoms with E-state index in [0.29, 0.717) is 5.02 Å². The van der Waals surface area contributed by atoms with Crippen LogP contribution < -0.4 is 16.4 Å². The molecule has 0 radical (unpaired) electrons. The van der Waals surface area contributed by atoms with Crippen LogP contribution in [0.2, 0.25) is 5.02 Å². The number of fused-ring (bicyclic) bond motifs is 1. The number of carbonyl (C=O) groups excluding carboxylic acids is 2. The first-order valence-electron chi connectivity index (χ1n) is 8.71. The summed E-state index contributed by atoms with van der Waals surface area (Å²) in [6.07, 6.45) is 3.11. The molecule has 0 saturated carbocycles. The number of benzene rings is 2. The fourth-order valence-electron chi connectivity index (χ4n) is 3.46. The summed E-state index contributed by atoms with van der Waals surface area (Å²) < 4.78 is 0. The van der Waals surface area contributed by atoms with Crippen LogP contribution in [0.3, 0.4) is 0 Å². The lowest BCUT2D eigenvalue weighted by atomic mass is 9.87. The van der Waals surface area contributed by atoms with Gasteiger partial charge in [-0.05, 0) is 48.1 Å². The van der Waals surface area contributed by atoms with E-state index >= 15 is 0 Å². The largest absolute Gasteiger partial charge is 0.352 e. The number of nitrogens with one attached hydrogen (secondary N) is 2. The van der Waals surface area contributed by atoms with Gasteiger partial charge in [0.15, 0.2) is 0 Å². The van der Waals surface area contributed by atoms with Crippen LogP contribution in [0, 0.1) is 0 Å². The summed E-state index contributed by atoms with van der Waals surface area (Å²) in [6.45, 7) is 0. The quantitative estimate of drug-likeness (QED) is 0.749. The molecule has 0 unspecified atom stereocenters. The van der Waals surface area contributed by atoms with Crippen LogP contribution in [0.15, 0.2) is 48.5 Å². The van der Waals surface area contributed by atoms with Gasteiger partial charge in [0.25, 0.3) is 0 Å². The van der Waals surface area contributed by atoms with E-state index in [9.17, 15) is 9.59 Å². The average molecular weight is 372 g/mol. The van der Waals surface area contributed by atoms with Crippen molar-refractivity contribution in [3.05, 3.63) is 70.2 Å². The van der Waals surface area contributed by atoms with Crippen LogP contribution in [0.5, 0.6) is 0 Å². The van der Waals surface area contributed by atoms with Gasteiger partial charge in [-0.25, -0.2) is 4.79 Å². The highest BCUT2D eigenvalue weighted by Crippen LogP contribution is 2.30. The third-order valence-electron chi connectivity index (χ3n) is 4.68. The summed E-state index contributed by atoms with van der Waals surface area (Å²) >= 11 is 5.91. The molecular weight excluding hydrogens is 350 g/mol. The molecule has 0 heterocycles. The lowest BCUT2D eigenvalue weighted by Gasteiger charge is -2.27. The molecule has 0 aromatic heterocycles. The number of carbonyl (C=O) groups is 2. The first-order chi connectivity index (χ1) is 12.5. The Kier molecular flexibility index (Phi) is 5.78. The van der Waals surface area contributed by atoms with Gasteiger partial charge in [0.05, 0.1) is 18.5 Å². The van der Waals surface area contributed by atoms with Crippen molar-refractivity contribution in [3.63, 3.8) is 0 Å². The van der Waals surface area contributed by atoms with Crippen LogP contribution in [-0.2, 0) is 11.2 Å². The Labute approximate surface area is 157 Å². The summed E-state index contributed by atoms with van der Waals surface area (Å²) in [5, 5.41) is 6.33. The zero-order valence-corrected chi connectivity index (χ0v) is 15.1. The lowest BCUT2D eigenvalue weighted by Crippen LogP contribution is -2.38. The number of primary amides is 1. The number of rotatable bonds is 5. The molecule has 136 valence electrons. The van der Waals surface area contributed by atoms with Crippen LogP contribution in [0.1, 0.15) is 48.0 Å². The van der Waals surface area contributed by atoms with Gasteiger partial charge >= 0.3 is 6.03 Å². The molecule has 5 nitrogen and oxygen atoms in total. The van der Waals surface area contributed by atoms with Gasteiger partial charge in [0.2, 0.25) is 5.91 Å². The molecule has 4 N–H and O–H groups in total. The topological polar surface area (TPSA) is 84.2 Å². The monoisotopic (exact) mass is 371 g/mol. The second-order valence-electron chi connectivity index (χ2n) is 6.53. The van der Waals surface area contributed by atoms with Crippen LogP contribution in [0.25, 0.3) is 0 Å². The van der Waals surface area contributed by atoms with Crippen molar-refractivity contribution in [1.29, 1.82) is 0 Å². The second-order valence-corrected chi connectivity index (χ2v) is 6.96. The Balaban J connectivity index is 1.70. The maximum Gasteiger partial charge on any atom is 0.312 e. The first kappa shape index (κ1) is 18.3. The highest BCUT2D eigenvalue weighted by atomic mass is 35.5. The highest BCUT2D eigenvalue weighted by Gasteiger charge is 2.23. The number of aryl methyl sites for hydroxylation is 1. The van der Waals surface area contributed by atoms with E-state index in [0.717, 1.165) is 24.8 Å². The molecule has 3 amide bonds. The van der Waals surface area contributed by atoms with E-state index in [1.165, 1.54) is 11.1 Å².